The molecule has 1 nitrogen and oxygen atoms in total. The van der Waals surface area contributed by atoms with Gasteiger partial charge in [-0.15, -0.1) is 22.7 Å². The van der Waals surface area contributed by atoms with Crippen LogP contribution in [0.25, 0.3) is 9.40 Å². The Kier molecular flexibility index (Phi) is 3.20. The van der Waals surface area contributed by atoms with Crippen molar-refractivity contribution in [1.29, 1.82) is 0 Å². The Labute approximate surface area is 115 Å². The molecule has 2 N–H and O–H groups in total. The van der Waals surface area contributed by atoms with Crippen molar-refractivity contribution in [2.24, 2.45) is 5.73 Å². The van der Waals surface area contributed by atoms with E-state index in [0.29, 0.717) is 0 Å². The zero-order valence-corrected chi connectivity index (χ0v) is 11.9. The SMILES string of the molecule is CCc1ccc(C(N)c2cc3sccc3s2)cc1. The van der Waals surface area contributed by atoms with Gasteiger partial charge in [-0.3, -0.25) is 0 Å². The van der Waals surface area contributed by atoms with Crippen LogP contribution in [0.4, 0.5) is 0 Å². The molecule has 3 aromatic rings. The van der Waals surface area contributed by atoms with Crippen LogP contribution in [0.5, 0.6) is 0 Å². The predicted molar refractivity (Wildman–Crippen MR) is 81.6 cm³/mol. The van der Waals surface area contributed by atoms with Gasteiger partial charge < -0.3 is 5.73 Å². The molecule has 3 heteroatoms. The third-order valence-corrected chi connectivity index (χ3v) is 5.39. The van der Waals surface area contributed by atoms with Crippen LogP contribution in [0.2, 0.25) is 0 Å². The van der Waals surface area contributed by atoms with Gasteiger partial charge >= 0.3 is 0 Å². The van der Waals surface area contributed by atoms with Crippen LogP contribution in [-0.2, 0) is 6.42 Å². The Balaban J connectivity index is 1.92. The topological polar surface area (TPSA) is 26.0 Å². The minimum atomic E-state index is 0.000469. The lowest BCUT2D eigenvalue weighted by molar-refractivity contribution is 0.892. The summed E-state index contributed by atoms with van der Waals surface area (Å²) >= 11 is 3.58. The maximum atomic E-state index is 6.35. The fourth-order valence-corrected chi connectivity index (χ4v) is 4.21. The average Bonchev–Trinajstić information content (AvgIpc) is 2.99. The molecule has 0 spiro atoms. The van der Waals surface area contributed by atoms with Gasteiger partial charge in [0.1, 0.15) is 0 Å². The molecule has 1 unspecified atom stereocenters. The highest BCUT2D eigenvalue weighted by Gasteiger charge is 2.12. The largest absolute Gasteiger partial charge is 0.320 e. The molecule has 0 bridgehead atoms. The first-order valence-electron chi connectivity index (χ1n) is 6.09. The Bertz CT molecular complexity index is 620. The lowest BCUT2D eigenvalue weighted by Crippen LogP contribution is -2.09. The highest BCUT2D eigenvalue weighted by Crippen LogP contribution is 2.34. The third-order valence-electron chi connectivity index (χ3n) is 3.21. The summed E-state index contributed by atoms with van der Waals surface area (Å²) in [7, 11) is 0. The van der Waals surface area contributed by atoms with Crippen LogP contribution in [0.15, 0.2) is 41.8 Å². The van der Waals surface area contributed by atoms with Gasteiger partial charge in [0.2, 0.25) is 0 Å². The molecule has 0 aliphatic carbocycles. The molecule has 0 amide bonds. The summed E-state index contributed by atoms with van der Waals surface area (Å²) in [4.78, 5) is 1.25. The van der Waals surface area contributed by atoms with E-state index in [9.17, 15) is 0 Å². The maximum Gasteiger partial charge on any atom is 0.0646 e. The van der Waals surface area contributed by atoms with Gasteiger partial charge in [0.25, 0.3) is 0 Å². The molecule has 3 rings (SSSR count). The van der Waals surface area contributed by atoms with E-state index in [1.807, 2.05) is 0 Å². The fraction of sp³-hybridized carbons (Fsp3) is 0.200. The minimum absolute atomic E-state index is 0.000469. The van der Waals surface area contributed by atoms with Crippen LogP contribution in [0.3, 0.4) is 0 Å². The summed E-state index contributed by atoms with van der Waals surface area (Å²) in [6.45, 7) is 2.17. The van der Waals surface area contributed by atoms with E-state index >= 15 is 0 Å². The number of aryl methyl sites for hydroxylation is 1. The Morgan fingerprint density at radius 3 is 2.56 bits per heavy atom. The lowest BCUT2D eigenvalue weighted by atomic mass is 10.0. The van der Waals surface area contributed by atoms with E-state index in [1.165, 1.54) is 25.4 Å². The van der Waals surface area contributed by atoms with Gasteiger partial charge in [0.15, 0.2) is 0 Å². The van der Waals surface area contributed by atoms with Gasteiger partial charge in [0.05, 0.1) is 6.04 Å². The Hall–Kier alpha value is -1.16. The van der Waals surface area contributed by atoms with Crippen LogP contribution >= 0.6 is 22.7 Å². The number of hydrogen-bond acceptors (Lipinski definition) is 3. The normalized spacial score (nSPS) is 13.0. The number of rotatable bonds is 3. The first-order valence-corrected chi connectivity index (χ1v) is 7.79. The monoisotopic (exact) mass is 273 g/mol. The van der Waals surface area contributed by atoms with E-state index in [-0.39, 0.29) is 6.04 Å². The molecule has 92 valence electrons. The Morgan fingerprint density at radius 2 is 1.89 bits per heavy atom. The van der Waals surface area contributed by atoms with Crippen molar-refractivity contribution in [2.45, 2.75) is 19.4 Å². The van der Waals surface area contributed by atoms with Crippen molar-refractivity contribution < 1.29 is 0 Å². The first kappa shape index (κ1) is 11.9. The second-order valence-electron chi connectivity index (χ2n) is 4.37. The van der Waals surface area contributed by atoms with Crippen LogP contribution < -0.4 is 5.73 Å². The molecule has 0 saturated heterocycles. The number of benzene rings is 1. The lowest BCUT2D eigenvalue weighted by Gasteiger charge is -2.10. The zero-order chi connectivity index (χ0) is 12.5. The van der Waals surface area contributed by atoms with Crippen molar-refractivity contribution >= 4 is 32.1 Å². The summed E-state index contributed by atoms with van der Waals surface area (Å²) < 4.78 is 2.69. The second kappa shape index (κ2) is 4.84. The minimum Gasteiger partial charge on any atom is -0.320 e. The van der Waals surface area contributed by atoms with E-state index < -0.39 is 0 Å². The molecule has 0 radical (unpaired) electrons. The van der Waals surface area contributed by atoms with Crippen molar-refractivity contribution in [3.8, 4) is 0 Å². The van der Waals surface area contributed by atoms with E-state index in [0.717, 1.165) is 6.42 Å². The maximum absolute atomic E-state index is 6.35. The molecule has 18 heavy (non-hydrogen) atoms. The number of hydrogen-bond donors (Lipinski definition) is 1. The molecule has 0 aliphatic rings. The molecular weight excluding hydrogens is 258 g/mol. The van der Waals surface area contributed by atoms with E-state index in [4.69, 9.17) is 5.73 Å². The number of fused-ring (bicyclic) bond motifs is 1. The van der Waals surface area contributed by atoms with Gasteiger partial charge in [-0.05, 0) is 35.1 Å². The molecule has 0 saturated carbocycles. The highest BCUT2D eigenvalue weighted by molar-refractivity contribution is 7.27. The molecule has 2 aromatic heterocycles. The van der Waals surface area contributed by atoms with E-state index in [2.05, 4.69) is 48.7 Å². The summed E-state index contributed by atoms with van der Waals surface area (Å²) in [5, 5.41) is 2.13. The highest BCUT2D eigenvalue weighted by atomic mass is 32.1. The van der Waals surface area contributed by atoms with Crippen LogP contribution in [-0.4, -0.2) is 0 Å². The second-order valence-corrected chi connectivity index (χ2v) is 6.43. The summed E-state index contributed by atoms with van der Waals surface area (Å²) in [5.41, 5.74) is 8.90. The van der Waals surface area contributed by atoms with E-state index in [1.54, 1.807) is 22.7 Å². The zero-order valence-electron chi connectivity index (χ0n) is 10.2. The van der Waals surface area contributed by atoms with Gasteiger partial charge in [-0.2, -0.15) is 0 Å². The third kappa shape index (κ3) is 2.09. The molecular formula is C15H15NS2. The van der Waals surface area contributed by atoms with Gasteiger partial charge in [0, 0.05) is 14.3 Å². The van der Waals surface area contributed by atoms with Gasteiger partial charge in [-0.1, -0.05) is 31.2 Å². The van der Waals surface area contributed by atoms with Crippen molar-refractivity contribution in [2.75, 3.05) is 0 Å². The molecule has 0 aliphatic heterocycles. The summed E-state index contributed by atoms with van der Waals surface area (Å²) in [6, 6.07) is 13.0. The van der Waals surface area contributed by atoms with Crippen LogP contribution in [0.1, 0.15) is 29.0 Å². The van der Waals surface area contributed by atoms with Crippen LogP contribution in [0, 0.1) is 0 Å². The molecule has 0 fully saturated rings. The van der Waals surface area contributed by atoms with Crippen molar-refractivity contribution in [3.05, 3.63) is 57.8 Å². The fourth-order valence-electron chi connectivity index (χ4n) is 2.06. The number of thiophene rings is 2. The predicted octanol–water partition coefficient (Wildman–Crippen LogP) is 4.57. The number of nitrogens with two attached hydrogens (primary N) is 1. The smallest absolute Gasteiger partial charge is 0.0646 e. The molecule has 2 heterocycles. The molecule has 1 atom stereocenters. The Morgan fingerprint density at radius 1 is 1.11 bits per heavy atom. The van der Waals surface area contributed by atoms with Crippen molar-refractivity contribution in [3.63, 3.8) is 0 Å². The first-order chi connectivity index (χ1) is 8.78. The summed E-state index contributed by atoms with van der Waals surface area (Å²) in [6.07, 6.45) is 1.07. The van der Waals surface area contributed by atoms with Crippen molar-refractivity contribution in [1.82, 2.24) is 0 Å². The standard InChI is InChI=1S/C15H15NS2/c1-2-10-3-5-11(6-4-10)15(16)14-9-13-12(18-14)7-8-17-13/h3-9,15H,2,16H2,1H3. The average molecular weight is 273 g/mol. The quantitative estimate of drug-likeness (QED) is 0.743. The summed E-state index contributed by atoms with van der Waals surface area (Å²) in [5.74, 6) is 0. The molecule has 1 aromatic carbocycles. The van der Waals surface area contributed by atoms with Gasteiger partial charge in [-0.25, -0.2) is 0 Å².